The zero-order chi connectivity index (χ0) is 20.2. The number of hydrogen-bond donors (Lipinski definition) is 2. The van der Waals surface area contributed by atoms with E-state index in [0.29, 0.717) is 11.9 Å². The molecule has 2 saturated heterocycles. The van der Waals surface area contributed by atoms with Crippen LogP contribution in [0.2, 0.25) is 0 Å². The van der Waals surface area contributed by atoms with E-state index in [1.54, 1.807) is 0 Å². The predicted molar refractivity (Wildman–Crippen MR) is 119 cm³/mol. The van der Waals surface area contributed by atoms with E-state index in [1.165, 1.54) is 18.4 Å². The van der Waals surface area contributed by atoms with Crippen LogP contribution in [0.15, 0.2) is 42.1 Å². The zero-order valence-corrected chi connectivity index (χ0v) is 17.4. The molecular weight excluding hydrogens is 360 g/mol. The fourth-order valence-corrected chi connectivity index (χ4v) is 4.22. The van der Waals surface area contributed by atoms with Gasteiger partial charge in [-0.2, -0.15) is 0 Å². The summed E-state index contributed by atoms with van der Waals surface area (Å²) in [6.45, 7) is 7.33. The number of imidazole rings is 1. The van der Waals surface area contributed by atoms with Crippen LogP contribution < -0.4 is 4.90 Å². The van der Waals surface area contributed by atoms with Crippen LogP contribution in [-0.2, 0) is 0 Å². The van der Waals surface area contributed by atoms with Crippen LogP contribution in [0.5, 0.6) is 0 Å². The van der Waals surface area contributed by atoms with E-state index in [2.05, 4.69) is 51.8 Å². The molecule has 0 spiro atoms. The van der Waals surface area contributed by atoms with Gasteiger partial charge in [0.05, 0.1) is 23.6 Å². The molecule has 0 amide bonds. The van der Waals surface area contributed by atoms with Crippen LogP contribution in [0.3, 0.4) is 0 Å². The third kappa shape index (κ3) is 4.26. The van der Waals surface area contributed by atoms with Gasteiger partial charge in [-0.3, -0.25) is 5.41 Å². The normalized spacial score (nSPS) is 20.2. The number of likely N-dealkylation sites (tertiary alicyclic amines) is 1. The monoisotopic (exact) mass is 390 g/mol. The maximum Gasteiger partial charge on any atom is 0.130 e. The Labute approximate surface area is 172 Å². The molecule has 0 unspecified atom stereocenters. The predicted octanol–water partition coefficient (Wildman–Crippen LogP) is 4.49. The Bertz CT molecular complexity index is 919. The first kappa shape index (κ1) is 19.4. The van der Waals surface area contributed by atoms with Crippen LogP contribution in [0.25, 0.3) is 17.5 Å². The van der Waals surface area contributed by atoms with Crippen molar-refractivity contribution in [2.45, 2.75) is 45.6 Å². The molecule has 6 nitrogen and oxygen atoms in total. The molecule has 0 saturated carbocycles. The number of rotatable bonds is 5. The Morgan fingerprint density at radius 1 is 1.21 bits per heavy atom. The molecule has 2 aliphatic rings. The number of nitrogens with one attached hydrogen (secondary N) is 2. The molecule has 152 valence electrons. The van der Waals surface area contributed by atoms with Gasteiger partial charge in [-0.25, -0.2) is 9.97 Å². The summed E-state index contributed by atoms with van der Waals surface area (Å²) in [4.78, 5) is 17.1. The maximum atomic E-state index is 8.48. The fourth-order valence-electron chi connectivity index (χ4n) is 4.22. The van der Waals surface area contributed by atoms with E-state index >= 15 is 0 Å². The number of hydrogen-bond acceptors (Lipinski definition) is 4. The second-order valence-electron chi connectivity index (χ2n) is 7.86. The number of H-pyrrole nitrogens is 1. The van der Waals surface area contributed by atoms with Crippen LogP contribution in [-0.4, -0.2) is 51.4 Å². The summed E-state index contributed by atoms with van der Waals surface area (Å²) < 4.78 is 0. The molecule has 0 bridgehead atoms. The quantitative estimate of drug-likeness (QED) is 0.448. The minimum atomic E-state index is 0.349. The Hall–Kier alpha value is -2.89. The first-order valence-corrected chi connectivity index (χ1v) is 10.6. The van der Waals surface area contributed by atoms with E-state index < -0.39 is 0 Å². The summed E-state index contributed by atoms with van der Waals surface area (Å²) in [5.74, 6) is 2.32. The average Bonchev–Trinajstić information content (AvgIpc) is 3.52. The molecule has 29 heavy (non-hydrogen) atoms. The van der Waals surface area contributed by atoms with Crippen LogP contribution >= 0.6 is 0 Å². The summed E-state index contributed by atoms with van der Waals surface area (Å²) in [5, 5.41) is 8.48. The lowest BCUT2D eigenvalue weighted by atomic mass is 10.1. The van der Waals surface area contributed by atoms with Crippen molar-refractivity contribution in [3.63, 3.8) is 0 Å². The Morgan fingerprint density at radius 3 is 2.83 bits per heavy atom. The molecule has 0 aromatic carbocycles. The minimum Gasteiger partial charge on any atom is -0.357 e. The molecular formula is C23H30N6. The first-order valence-electron chi connectivity index (χ1n) is 10.6. The standard InChI is InChI=1S/C23H30N6/c1-3-17(2)20-9-7-15-29(20)21(24)11-12-22-25-16-19(26-22)18-8-6-10-23(27-18)28-13-4-5-14-28/h3,6,8,10-12,16,20,24H,4-5,7,9,13-15H2,1-2H3,(H,25,26)/b12-11-,17-3+,24-21?/t20-/m1/s1. The van der Waals surface area contributed by atoms with Gasteiger partial charge in [-0.1, -0.05) is 17.7 Å². The number of amidine groups is 1. The lowest BCUT2D eigenvalue weighted by molar-refractivity contribution is 0.431. The fraction of sp³-hybridized carbons (Fsp3) is 0.435. The number of anilines is 1. The summed E-state index contributed by atoms with van der Waals surface area (Å²) in [7, 11) is 0. The van der Waals surface area contributed by atoms with Crippen molar-refractivity contribution in [3.05, 3.63) is 47.9 Å². The van der Waals surface area contributed by atoms with Gasteiger partial charge in [0.25, 0.3) is 0 Å². The van der Waals surface area contributed by atoms with Gasteiger partial charge in [0.1, 0.15) is 17.5 Å². The number of nitrogens with zero attached hydrogens (tertiary/aromatic N) is 4. The third-order valence-corrected chi connectivity index (χ3v) is 5.98. The molecule has 2 N–H and O–H groups in total. The molecule has 4 heterocycles. The van der Waals surface area contributed by atoms with E-state index in [1.807, 2.05) is 24.4 Å². The first-order chi connectivity index (χ1) is 14.2. The molecule has 0 radical (unpaired) electrons. The van der Waals surface area contributed by atoms with E-state index in [4.69, 9.17) is 10.4 Å². The molecule has 2 aromatic rings. The average molecular weight is 391 g/mol. The molecule has 4 rings (SSSR count). The maximum absolute atomic E-state index is 8.48. The summed E-state index contributed by atoms with van der Waals surface area (Å²) in [6, 6.07) is 6.49. The SMILES string of the molecule is C/C=C(\C)[C@H]1CCCN1C(=N)/C=C\c1ncc(-c2cccc(N3CCCC3)n2)[nH]1. The Kier molecular flexibility index (Phi) is 5.79. The lowest BCUT2D eigenvalue weighted by Gasteiger charge is -2.26. The lowest BCUT2D eigenvalue weighted by Crippen LogP contribution is -2.34. The van der Waals surface area contributed by atoms with Gasteiger partial charge in [0.15, 0.2) is 0 Å². The molecule has 6 heteroatoms. The molecule has 0 aliphatic carbocycles. The van der Waals surface area contributed by atoms with E-state index in [-0.39, 0.29) is 0 Å². The third-order valence-electron chi connectivity index (χ3n) is 5.98. The van der Waals surface area contributed by atoms with Crippen molar-refractivity contribution < 1.29 is 0 Å². The summed E-state index contributed by atoms with van der Waals surface area (Å²) >= 11 is 0. The smallest absolute Gasteiger partial charge is 0.130 e. The van der Waals surface area contributed by atoms with Crippen LogP contribution in [0.1, 0.15) is 45.4 Å². The Balaban J connectivity index is 1.45. The zero-order valence-electron chi connectivity index (χ0n) is 17.4. The number of pyridine rings is 1. The highest BCUT2D eigenvalue weighted by Gasteiger charge is 2.26. The highest BCUT2D eigenvalue weighted by molar-refractivity contribution is 5.94. The van der Waals surface area contributed by atoms with Gasteiger partial charge in [-0.15, -0.1) is 0 Å². The Morgan fingerprint density at radius 2 is 2.03 bits per heavy atom. The number of aromatic amines is 1. The summed E-state index contributed by atoms with van der Waals surface area (Å²) in [6.07, 6.45) is 12.4. The molecule has 1 atom stereocenters. The van der Waals surface area contributed by atoms with Crippen molar-refractivity contribution in [1.82, 2.24) is 19.9 Å². The van der Waals surface area contributed by atoms with Gasteiger partial charge in [0.2, 0.25) is 0 Å². The van der Waals surface area contributed by atoms with Crippen molar-refractivity contribution in [2.75, 3.05) is 24.5 Å². The second kappa shape index (κ2) is 8.64. The van der Waals surface area contributed by atoms with Crippen LogP contribution in [0.4, 0.5) is 5.82 Å². The van der Waals surface area contributed by atoms with Crippen molar-refractivity contribution in [1.29, 1.82) is 5.41 Å². The molecule has 2 aromatic heterocycles. The van der Waals surface area contributed by atoms with Gasteiger partial charge in [-0.05, 0) is 63.8 Å². The molecule has 2 fully saturated rings. The highest BCUT2D eigenvalue weighted by atomic mass is 15.2. The van der Waals surface area contributed by atoms with Crippen molar-refractivity contribution in [3.8, 4) is 11.4 Å². The van der Waals surface area contributed by atoms with E-state index in [0.717, 1.165) is 55.5 Å². The van der Waals surface area contributed by atoms with Crippen molar-refractivity contribution >= 4 is 17.7 Å². The number of allylic oxidation sites excluding steroid dienone is 1. The topological polar surface area (TPSA) is 71.9 Å². The van der Waals surface area contributed by atoms with Crippen LogP contribution in [0, 0.1) is 5.41 Å². The number of aromatic nitrogens is 3. The second-order valence-corrected chi connectivity index (χ2v) is 7.86. The minimum absolute atomic E-state index is 0.349. The van der Waals surface area contributed by atoms with Gasteiger partial charge >= 0.3 is 0 Å². The summed E-state index contributed by atoms with van der Waals surface area (Å²) in [5.41, 5.74) is 3.14. The van der Waals surface area contributed by atoms with Gasteiger partial charge in [0, 0.05) is 19.6 Å². The largest absolute Gasteiger partial charge is 0.357 e. The van der Waals surface area contributed by atoms with Gasteiger partial charge < -0.3 is 14.8 Å². The van der Waals surface area contributed by atoms with Crippen molar-refractivity contribution in [2.24, 2.45) is 0 Å². The molecule has 2 aliphatic heterocycles. The van der Waals surface area contributed by atoms with E-state index in [9.17, 15) is 0 Å². The highest BCUT2D eigenvalue weighted by Crippen LogP contribution is 2.25.